The Morgan fingerprint density at radius 3 is 1.79 bits per heavy atom. The first-order valence-corrected chi connectivity index (χ1v) is 14.2. The Labute approximate surface area is 94.2 Å². The van der Waals surface area contributed by atoms with Crippen molar-refractivity contribution in [1.29, 1.82) is 0 Å². The summed E-state index contributed by atoms with van der Waals surface area (Å²) in [6, 6.07) is 0. The van der Waals surface area contributed by atoms with E-state index in [4.69, 9.17) is 0 Å². The molecule has 0 aliphatic rings. The maximum atomic E-state index is 9.45. The molecule has 0 aromatic carbocycles. The van der Waals surface area contributed by atoms with Crippen molar-refractivity contribution in [1.82, 2.24) is 0 Å². The Hall–Kier alpha value is 0.611. The van der Waals surface area contributed by atoms with Gasteiger partial charge < -0.3 is 5.11 Å². The van der Waals surface area contributed by atoms with E-state index in [1.165, 1.54) is 5.67 Å². The van der Waals surface area contributed by atoms with Gasteiger partial charge in [0.1, 0.15) is 0 Å². The zero-order valence-corrected chi connectivity index (χ0v) is 14.5. The minimum Gasteiger partial charge on any atom is -0.400 e. The van der Waals surface area contributed by atoms with Gasteiger partial charge >= 0.3 is 0 Å². The maximum Gasteiger partial charge on any atom is 0.0797 e. The van der Waals surface area contributed by atoms with Crippen molar-refractivity contribution in [3.05, 3.63) is 0 Å². The van der Waals surface area contributed by atoms with Crippen molar-refractivity contribution in [3.8, 4) is 0 Å². The monoisotopic (exact) mass is 248 g/mol. The molecule has 0 radical (unpaired) electrons. The van der Waals surface area contributed by atoms with Crippen LogP contribution in [0.15, 0.2) is 0 Å². The van der Waals surface area contributed by atoms with E-state index in [0.717, 1.165) is 0 Å². The number of hydrogen-bond acceptors (Lipinski definition) is 1. The minimum atomic E-state index is -1.37. The summed E-state index contributed by atoms with van der Waals surface area (Å²) in [5, 5.41) is 9.45. The first kappa shape index (κ1) is 14.6. The lowest BCUT2D eigenvalue weighted by atomic mass is 10.5. The van der Waals surface area contributed by atoms with Gasteiger partial charge in [-0.1, -0.05) is 52.2 Å². The molecule has 0 bridgehead atoms. The highest BCUT2D eigenvalue weighted by molar-refractivity contribution is 6.92. The predicted octanol–water partition coefficient (Wildman–Crippen LogP) is 2.43. The molecule has 86 valence electrons. The first-order valence-electron chi connectivity index (χ1n) is 5.63. The summed E-state index contributed by atoms with van der Waals surface area (Å²) in [5.41, 5.74) is 1.52. The van der Waals surface area contributed by atoms with Crippen LogP contribution in [0.25, 0.3) is 0 Å². The Balaban J connectivity index is 4.35. The number of rotatable bonds is 5. The van der Waals surface area contributed by atoms with Crippen LogP contribution in [-0.4, -0.2) is 37.0 Å². The molecule has 0 unspecified atom stereocenters. The predicted molar refractivity (Wildman–Crippen MR) is 75.3 cm³/mol. The minimum absolute atomic E-state index is 0.0167. The van der Waals surface area contributed by atoms with E-state index in [0.29, 0.717) is 10.9 Å². The highest BCUT2D eigenvalue weighted by Gasteiger charge is 2.39. The van der Waals surface area contributed by atoms with Gasteiger partial charge in [0.15, 0.2) is 0 Å². The third kappa shape index (κ3) is 4.42. The Morgan fingerprint density at radius 1 is 1.07 bits per heavy atom. The second-order valence-corrected chi connectivity index (χ2v) is 22.5. The smallest absolute Gasteiger partial charge is 0.0797 e. The fraction of sp³-hybridized carbons (Fsp3) is 1.00. The van der Waals surface area contributed by atoms with E-state index in [2.05, 4.69) is 46.6 Å². The van der Waals surface area contributed by atoms with Gasteiger partial charge in [0.25, 0.3) is 0 Å². The van der Waals surface area contributed by atoms with Crippen LogP contribution in [0.1, 0.15) is 13.8 Å². The standard InChI is InChI=1S/C10H28OSi3/c1-10(2,14(6,7)8-11)12-9-13(3,4)5/h11H,8-9,12H2,1-7H3. The molecule has 0 aromatic rings. The summed E-state index contributed by atoms with van der Waals surface area (Å²) in [4.78, 5) is 0. The van der Waals surface area contributed by atoms with Crippen LogP contribution in [-0.2, 0) is 0 Å². The summed E-state index contributed by atoms with van der Waals surface area (Å²) in [6.45, 7) is 16.9. The van der Waals surface area contributed by atoms with Gasteiger partial charge in [-0.15, -0.1) is 0 Å². The van der Waals surface area contributed by atoms with E-state index in [-0.39, 0.29) is 9.52 Å². The molecule has 0 aliphatic heterocycles. The highest BCUT2D eigenvalue weighted by atomic mass is 28.4. The summed E-state index contributed by atoms with van der Waals surface area (Å²) in [5.74, 6) is 0. The summed E-state index contributed by atoms with van der Waals surface area (Å²) in [7, 11) is -2.24. The maximum absolute atomic E-state index is 9.45. The quantitative estimate of drug-likeness (QED) is 0.741. The van der Waals surface area contributed by atoms with Crippen LogP contribution in [0.3, 0.4) is 0 Å². The number of aliphatic hydroxyl groups excluding tert-OH is 1. The summed E-state index contributed by atoms with van der Waals surface area (Å²) in [6.07, 6.45) is 0.457. The zero-order chi connectivity index (χ0) is 11.6. The SMILES string of the molecule is CC(C)([SiH2]C[Si](C)(C)C)[Si](C)(C)CO. The van der Waals surface area contributed by atoms with Crippen LogP contribution < -0.4 is 0 Å². The highest BCUT2D eigenvalue weighted by Crippen LogP contribution is 2.36. The lowest BCUT2D eigenvalue weighted by Gasteiger charge is -2.39. The molecule has 0 atom stereocenters. The van der Waals surface area contributed by atoms with Crippen molar-refractivity contribution in [2.24, 2.45) is 0 Å². The van der Waals surface area contributed by atoms with E-state index in [1.807, 2.05) is 0 Å². The van der Waals surface area contributed by atoms with Crippen LogP contribution >= 0.6 is 0 Å². The molecule has 1 nitrogen and oxygen atoms in total. The van der Waals surface area contributed by atoms with E-state index in [1.54, 1.807) is 0 Å². The molecule has 0 saturated heterocycles. The molecular weight excluding hydrogens is 220 g/mol. The van der Waals surface area contributed by atoms with Gasteiger partial charge in [-0.2, -0.15) is 0 Å². The molecule has 0 amide bonds. The topological polar surface area (TPSA) is 20.2 Å². The lowest BCUT2D eigenvalue weighted by Crippen LogP contribution is -2.47. The van der Waals surface area contributed by atoms with Gasteiger partial charge in [0, 0.05) is 23.8 Å². The molecule has 0 fully saturated rings. The van der Waals surface area contributed by atoms with E-state index >= 15 is 0 Å². The Bertz CT molecular complexity index is 182. The van der Waals surface area contributed by atoms with Crippen LogP contribution in [0.2, 0.25) is 43.1 Å². The number of aliphatic hydroxyl groups is 1. The molecule has 1 N–H and O–H groups in total. The van der Waals surface area contributed by atoms with E-state index in [9.17, 15) is 5.11 Å². The second kappa shape index (κ2) is 4.63. The van der Waals surface area contributed by atoms with Crippen molar-refractivity contribution in [2.75, 3.05) is 6.23 Å². The van der Waals surface area contributed by atoms with Crippen molar-refractivity contribution < 1.29 is 5.11 Å². The second-order valence-electron chi connectivity index (χ2n) is 6.99. The fourth-order valence-corrected chi connectivity index (χ4v) is 11.3. The zero-order valence-electron chi connectivity index (χ0n) is 11.1. The van der Waals surface area contributed by atoms with Crippen LogP contribution in [0.4, 0.5) is 0 Å². The van der Waals surface area contributed by atoms with Crippen LogP contribution in [0.5, 0.6) is 0 Å². The van der Waals surface area contributed by atoms with Gasteiger partial charge in [-0.25, -0.2) is 0 Å². The van der Waals surface area contributed by atoms with E-state index < -0.39 is 16.1 Å². The fourth-order valence-electron chi connectivity index (χ4n) is 1.24. The molecule has 0 saturated carbocycles. The Morgan fingerprint density at radius 2 is 1.50 bits per heavy atom. The normalized spacial score (nSPS) is 15.4. The van der Waals surface area contributed by atoms with Gasteiger partial charge in [0.05, 0.1) is 8.07 Å². The molecule has 0 heterocycles. The molecule has 14 heavy (non-hydrogen) atoms. The van der Waals surface area contributed by atoms with Crippen molar-refractivity contribution in [2.45, 2.75) is 56.9 Å². The van der Waals surface area contributed by atoms with Gasteiger partial charge in [-0.05, 0) is 4.66 Å². The largest absolute Gasteiger partial charge is 0.400 e. The van der Waals surface area contributed by atoms with Crippen LogP contribution in [0, 0.1) is 0 Å². The summed E-state index contributed by atoms with van der Waals surface area (Å²) < 4.78 is 0.516. The first-order chi connectivity index (χ1) is 6.02. The third-order valence-electron chi connectivity index (χ3n) is 3.73. The number of hydrogen-bond donors (Lipinski definition) is 1. The molecular formula is C10H28OSi3. The Kier molecular flexibility index (Phi) is 4.84. The van der Waals surface area contributed by atoms with Crippen molar-refractivity contribution >= 4 is 25.7 Å². The van der Waals surface area contributed by atoms with Crippen molar-refractivity contribution in [3.63, 3.8) is 0 Å². The molecule has 0 aromatic heterocycles. The third-order valence-corrected chi connectivity index (χ3v) is 20.1. The molecule has 0 spiro atoms. The van der Waals surface area contributed by atoms with Gasteiger partial charge in [-0.3, -0.25) is 0 Å². The lowest BCUT2D eigenvalue weighted by molar-refractivity contribution is 0.354. The average molecular weight is 249 g/mol. The van der Waals surface area contributed by atoms with Gasteiger partial charge in [0.2, 0.25) is 0 Å². The average Bonchev–Trinajstić information content (AvgIpc) is 1.99. The summed E-state index contributed by atoms with van der Waals surface area (Å²) >= 11 is 0. The molecule has 0 aliphatic carbocycles. The molecule has 0 rings (SSSR count). The molecule has 4 heteroatoms.